The molecule has 5 heteroatoms. The van der Waals surface area contributed by atoms with E-state index in [1.807, 2.05) is 36.4 Å². The maximum atomic E-state index is 7.17. The molecule has 0 fully saturated rings. The molecular weight excluding hydrogens is 425 g/mol. The Bertz CT molecular complexity index is 1310. The van der Waals surface area contributed by atoms with Gasteiger partial charge in [-0.25, -0.2) is 0 Å². The summed E-state index contributed by atoms with van der Waals surface area (Å²) in [6, 6.07) is 22.4. The molecular formula is C26H23Cl2N3. The molecule has 0 saturated heterocycles. The number of alkyl halides is 1. The number of fused-ring (bicyclic) bond motifs is 2. The molecule has 0 saturated carbocycles. The second-order valence-corrected chi connectivity index (χ2v) is 9.93. The smallest absolute Gasteiger partial charge is 0.213 e. The highest BCUT2D eigenvalue weighted by molar-refractivity contribution is 6.33. The van der Waals surface area contributed by atoms with E-state index in [0.29, 0.717) is 5.02 Å². The Labute approximate surface area is 192 Å². The summed E-state index contributed by atoms with van der Waals surface area (Å²) in [6.07, 6.45) is 1.76. The second kappa shape index (κ2) is 7.15. The van der Waals surface area contributed by atoms with Crippen molar-refractivity contribution in [1.82, 2.24) is 4.98 Å². The Hall–Kier alpha value is -2.75. The fourth-order valence-corrected chi connectivity index (χ4v) is 4.74. The number of hydrogen-bond donors (Lipinski definition) is 2. The highest BCUT2D eigenvalue weighted by Gasteiger charge is 2.38. The highest BCUT2D eigenvalue weighted by atomic mass is 35.5. The summed E-state index contributed by atoms with van der Waals surface area (Å²) in [5.74, 6) is 0. The van der Waals surface area contributed by atoms with Crippen molar-refractivity contribution >= 4 is 45.3 Å². The summed E-state index contributed by atoms with van der Waals surface area (Å²) < 4.78 is 0. The Morgan fingerprint density at radius 2 is 1.58 bits per heavy atom. The van der Waals surface area contributed by atoms with Gasteiger partial charge in [-0.1, -0.05) is 86.4 Å². The van der Waals surface area contributed by atoms with Crippen molar-refractivity contribution in [3.8, 4) is 11.3 Å². The molecule has 0 radical (unpaired) electrons. The van der Waals surface area contributed by atoms with E-state index in [2.05, 4.69) is 66.7 Å². The van der Waals surface area contributed by atoms with Gasteiger partial charge in [0, 0.05) is 17.3 Å². The highest BCUT2D eigenvalue weighted by Crippen LogP contribution is 2.46. The predicted molar refractivity (Wildman–Crippen MR) is 132 cm³/mol. The van der Waals surface area contributed by atoms with Crippen molar-refractivity contribution in [2.45, 2.75) is 31.3 Å². The van der Waals surface area contributed by atoms with E-state index in [1.54, 1.807) is 6.20 Å². The van der Waals surface area contributed by atoms with Crippen LogP contribution in [0.25, 0.3) is 22.0 Å². The van der Waals surface area contributed by atoms with E-state index in [1.165, 1.54) is 5.56 Å². The third kappa shape index (κ3) is 3.42. The van der Waals surface area contributed by atoms with Crippen LogP contribution in [0.4, 0.5) is 11.4 Å². The number of halogens is 2. The monoisotopic (exact) mass is 447 g/mol. The molecule has 1 atom stereocenters. The molecule has 1 unspecified atom stereocenters. The van der Waals surface area contributed by atoms with E-state index in [9.17, 15) is 0 Å². The number of rotatable bonds is 2. The van der Waals surface area contributed by atoms with Gasteiger partial charge in [0.1, 0.15) is 0 Å². The van der Waals surface area contributed by atoms with E-state index in [4.69, 9.17) is 23.2 Å². The van der Waals surface area contributed by atoms with Gasteiger partial charge in [0.25, 0.3) is 0 Å². The van der Waals surface area contributed by atoms with Gasteiger partial charge in [0.05, 0.1) is 22.1 Å². The van der Waals surface area contributed by atoms with Gasteiger partial charge in [-0.15, -0.1) is 0 Å². The first-order valence-electron chi connectivity index (χ1n) is 10.3. The van der Waals surface area contributed by atoms with Gasteiger partial charge in [0.15, 0.2) is 0 Å². The van der Waals surface area contributed by atoms with E-state index >= 15 is 0 Å². The van der Waals surface area contributed by atoms with Crippen molar-refractivity contribution in [1.29, 1.82) is 0 Å². The molecule has 5 rings (SSSR count). The maximum Gasteiger partial charge on any atom is 0.213 e. The van der Waals surface area contributed by atoms with Gasteiger partial charge in [-0.2, -0.15) is 0 Å². The molecule has 0 aliphatic carbocycles. The normalized spacial score (nSPS) is 17.8. The van der Waals surface area contributed by atoms with Gasteiger partial charge in [-0.3, -0.25) is 4.98 Å². The van der Waals surface area contributed by atoms with Crippen LogP contribution >= 0.6 is 23.2 Å². The molecule has 1 aliphatic heterocycles. The van der Waals surface area contributed by atoms with Crippen LogP contribution in [0.15, 0.2) is 72.9 Å². The summed E-state index contributed by atoms with van der Waals surface area (Å²) >= 11 is 13.6. The third-order valence-corrected chi connectivity index (χ3v) is 6.51. The van der Waals surface area contributed by atoms with Crippen LogP contribution in [0, 0.1) is 0 Å². The van der Waals surface area contributed by atoms with Gasteiger partial charge in [0.2, 0.25) is 5.12 Å². The Morgan fingerprint density at radius 1 is 0.839 bits per heavy atom. The Balaban J connectivity index is 1.63. The molecule has 3 nitrogen and oxygen atoms in total. The first-order valence-corrected chi connectivity index (χ1v) is 11.0. The maximum absolute atomic E-state index is 7.17. The minimum atomic E-state index is -0.953. The lowest BCUT2D eigenvalue weighted by Crippen LogP contribution is -2.32. The zero-order valence-corrected chi connectivity index (χ0v) is 19.1. The average Bonchev–Trinajstić information content (AvgIpc) is 3.09. The summed E-state index contributed by atoms with van der Waals surface area (Å²) in [7, 11) is 0. The molecule has 3 aromatic carbocycles. The molecule has 1 aromatic heterocycles. The van der Waals surface area contributed by atoms with Crippen molar-refractivity contribution in [2.75, 3.05) is 10.6 Å². The number of nitrogens with one attached hydrogen (secondary N) is 2. The zero-order chi connectivity index (χ0) is 21.8. The summed E-state index contributed by atoms with van der Waals surface area (Å²) in [6.45, 7) is 6.63. The summed E-state index contributed by atoms with van der Waals surface area (Å²) in [5.41, 5.74) is 6.01. The summed E-state index contributed by atoms with van der Waals surface area (Å²) in [5, 5.41) is 8.76. The molecule has 0 bridgehead atoms. The number of anilines is 2. The molecule has 0 spiro atoms. The number of hydrogen-bond acceptors (Lipinski definition) is 3. The average molecular weight is 448 g/mol. The van der Waals surface area contributed by atoms with E-state index < -0.39 is 5.12 Å². The van der Waals surface area contributed by atoms with Crippen LogP contribution in [0.5, 0.6) is 0 Å². The molecule has 1 aliphatic rings. The fraction of sp³-hybridized carbons (Fsp3) is 0.192. The lowest BCUT2D eigenvalue weighted by Gasteiger charge is -2.26. The number of pyridine rings is 1. The van der Waals surface area contributed by atoms with Gasteiger partial charge in [-0.05, 0) is 46.0 Å². The van der Waals surface area contributed by atoms with Crippen LogP contribution < -0.4 is 10.6 Å². The second-order valence-electron chi connectivity index (χ2n) is 8.96. The van der Waals surface area contributed by atoms with Gasteiger partial charge < -0.3 is 10.6 Å². The van der Waals surface area contributed by atoms with Crippen LogP contribution in [-0.2, 0) is 10.5 Å². The largest absolute Gasteiger partial charge is 0.345 e. The minimum Gasteiger partial charge on any atom is -0.345 e. The molecule has 0 amide bonds. The topological polar surface area (TPSA) is 37.0 Å². The van der Waals surface area contributed by atoms with E-state index in [-0.39, 0.29) is 5.41 Å². The van der Waals surface area contributed by atoms with Crippen molar-refractivity contribution in [2.24, 2.45) is 0 Å². The Kier molecular flexibility index (Phi) is 4.65. The van der Waals surface area contributed by atoms with Crippen LogP contribution in [0.1, 0.15) is 31.9 Å². The molecule has 4 aromatic rings. The van der Waals surface area contributed by atoms with Crippen LogP contribution in [0.3, 0.4) is 0 Å². The zero-order valence-electron chi connectivity index (χ0n) is 17.6. The van der Waals surface area contributed by atoms with E-state index in [0.717, 1.165) is 39.0 Å². The lowest BCUT2D eigenvalue weighted by molar-refractivity contribution is 0.590. The van der Waals surface area contributed by atoms with Crippen molar-refractivity contribution in [3.05, 3.63) is 89.1 Å². The van der Waals surface area contributed by atoms with Crippen molar-refractivity contribution < 1.29 is 0 Å². The van der Waals surface area contributed by atoms with Crippen molar-refractivity contribution in [3.63, 3.8) is 0 Å². The molecule has 31 heavy (non-hydrogen) atoms. The number of nitrogens with zero attached hydrogens (tertiary/aromatic N) is 1. The minimum absolute atomic E-state index is 0.0601. The third-order valence-electron chi connectivity index (χ3n) is 5.81. The quantitative estimate of drug-likeness (QED) is 0.243. The SMILES string of the molecule is CC(C)(C)c1ccc2c(c1)NC(Cl)(c1ccc(-c3ncccc3Cl)c3ccccc13)N2. The summed E-state index contributed by atoms with van der Waals surface area (Å²) in [4.78, 5) is 4.51. The number of benzene rings is 3. The number of aromatic nitrogens is 1. The standard InChI is InChI=1S/C26H23Cl2N3/c1-25(2,3)16-10-13-22-23(15-16)31-26(28,30-22)20-12-11-19(17-7-4-5-8-18(17)20)24-21(27)9-6-14-29-24/h4-15,30-31H,1-3H3. The first kappa shape index (κ1) is 20.2. The molecule has 2 heterocycles. The lowest BCUT2D eigenvalue weighted by atomic mass is 9.87. The van der Waals surface area contributed by atoms with Crippen LogP contribution in [0.2, 0.25) is 5.02 Å². The molecule has 2 N–H and O–H groups in total. The predicted octanol–water partition coefficient (Wildman–Crippen LogP) is 7.74. The first-order chi connectivity index (χ1) is 14.8. The van der Waals surface area contributed by atoms with Gasteiger partial charge >= 0.3 is 0 Å². The Morgan fingerprint density at radius 3 is 2.32 bits per heavy atom. The van der Waals surface area contributed by atoms with Crippen LogP contribution in [-0.4, -0.2) is 4.98 Å². The fourth-order valence-electron chi connectivity index (χ4n) is 4.15. The molecule has 156 valence electrons.